The van der Waals surface area contributed by atoms with E-state index in [9.17, 15) is 9.90 Å². The molecule has 2 heterocycles. The van der Waals surface area contributed by atoms with E-state index in [4.69, 9.17) is 0 Å². The number of aliphatic hydroxyl groups is 1. The molecule has 1 aliphatic carbocycles. The molecule has 1 aromatic carbocycles. The predicted octanol–water partition coefficient (Wildman–Crippen LogP) is 3.62. The molecule has 1 unspecified atom stereocenters. The summed E-state index contributed by atoms with van der Waals surface area (Å²) in [5.41, 5.74) is 1.86. The molecule has 1 saturated carbocycles. The molecule has 0 bridgehead atoms. The lowest BCUT2D eigenvalue weighted by atomic mass is 9.63. The number of benzene rings is 1. The molecule has 1 aliphatic heterocycles. The molecule has 5 heteroatoms. The van der Waals surface area contributed by atoms with Crippen molar-refractivity contribution in [2.24, 2.45) is 5.41 Å². The maximum atomic E-state index is 12.5. The lowest BCUT2D eigenvalue weighted by Gasteiger charge is -2.44. The van der Waals surface area contributed by atoms with Crippen LogP contribution in [0.3, 0.4) is 0 Å². The van der Waals surface area contributed by atoms with E-state index >= 15 is 0 Å². The summed E-state index contributed by atoms with van der Waals surface area (Å²) >= 11 is 1.91. The van der Waals surface area contributed by atoms with Gasteiger partial charge in [0.25, 0.3) is 5.91 Å². The minimum Gasteiger partial charge on any atom is -0.393 e. The van der Waals surface area contributed by atoms with E-state index < -0.39 is 0 Å². The number of carbonyl (C=O) groups excluding carboxylic acids is 1. The van der Waals surface area contributed by atoms with Gasteiger partial charge in [0, 0.05) is 29.3 Å². The van der Waals surface area contributed by atoms with Crippen molar-refractivity contribution in [2.75, 3.05) is 12.3 Å². The predicted molar refractivity (Wildman–Crippen MR) is 103 cm³/mol. The van der Waals surface area contributed by atoms with Gasteiger partial charge >= 0.3 is 0 Å². The Morgan fingerprint density at radius 2 is 1.96 bits per heavy atom. The van der Waals surface area contributed by atoms with Gasteiger partial charge in [-0.05, 0) is 54.9 Å². The largest absolute Gasteiger partial charge is 0.393 e. The molecule has 1 fully saturated rings. The molecule has 136 valence electrons. The van der Waals surface area contributed by atoms with E-state index in [-0.39, 0.29) is 17.4 Å². The third-order valence-corrected chi connectivity index (χ3v) is 7.07. The van der Waals surface area contributed by atoms with Gasteiger partial charge in [-0.15, -0.1) is 11.8 Å². The van der Waals surface area contributed by atoms with Crippen molar-refractivity contribution in [2.45, 2.75) is 42.6 Å². The number of aromatic nitrogens is 1. The normalized spacial score (nSPS) is 27.7. The van der Waals surface area contributed by atoms with Crippen LogP contribution in [0.4, 0.5) is 0 Å². The van der Waals surface area contributed by atoms with Crippen LogP contribution in [-0.4, -0.2) is 34.4 Å². The second-order valence-electron chi connectivity index (χ2n) is 7.39. The highest BCUT2D eigenvalue weighted by atomic mass is 32.2. The van der Waals surface area contributed by atoms with Crippen LogP contribution in [0.5, 0.6) is 0 Å². The van der Waals surface area contributed by atoms with E-state index in [1.165, 1.54) is 10.5 Å². The van der Waals surface area contributed by atoms with Crippen LogP contribution in [0.2, 0.25) is 0 Å². The molecule has 2 N–H and O–H groups in total. The first-order valence-corrected chi connectivity index (χ1v) is 10.3. The Morgan fingerprint density at radius 1 is 1.19 bits per heavy atom. The Balaban J connectivity index is 1.56. The van der Waals surface area contributed by atoms with Crippen molar-refractivity contribution in [3.63, 3.8) is 0 Å². The zero-order valence-electron chi connectivity index (χ0n) is 14.7. The molecule has 0 radical (unpaired) electrons. The average Bonchev–Trinajstić information content (AvgIpc) is 3.13. The molecule has 0 spiro atoms. The van der Waals surface area contributed by atoms with E-state index in [0.717, 1.165) is 31.4 Å². The Labute approximate surface area is 158 Å². The molecule has 0 saturated heterocycles. The van der Waals surface area contributed by atoms with E-state index in [1.54, 1.807) is 12.3 Å². The highest BCUT2D eigenvalue weighted by Crippen LogP contribution is 2.54. The summed E-state index contributed by atoms with van der Waals surface area (Å²) in [5.74, 6) is 1.35. The number of aliphatic hydroxyl groups excluding tert-OH is 1. The van der Waals surface area contributed by atoms with Crippen LogP contribution in [-0.2, 0) is 0 Å². The van der Waals surface area contributed by atoms with Crippen LogP contribution in [0.25, 0.3) is 0 Å². The third kappa shape index (κ3) is 3.38. The summed E-state index contributed by atoms with van der Waals surface area (Å²) < 4.78 is 0. The number of hydrogen-bond donors (Lipinski definition) is 2. The Bertz CT molecular complexity index is 773. The van der Waals surface area contributed by atoms with E-state index in [2.05, 4.69) is 34.6 Å². The van der Waals surface area contributed by atoms with Gasteiger partial charge in [-0.25, -0.2) is 0 Å². The number of fused-ring (bicyclic) bond motifs is 1. The topological polar surface area (TPSA) is 62.2 Å². The second-order valence-corrected chi connectivity index (χ2v) is 8.45. The smallest absolute Gasteiger partial charge is 0.269 e. The van der Waals surface area contributed by atoms with Crippen molar-refractivity contribution in [1.82, 2.24) is 10.3 Å². The number of thioether (sulfide) groups is 1. The average molecular weight is 369 g/mol. The minimum absolute atomic E-state index is 0.00325. The van der Waals surface area contributed by atoms with Crippen molar-refractivity contribution in [1.29, 1.82) is 0 Å². The first-order valence-electron chi connectivity index (χ1n) is 9.27. The fraction of sp³-hybridized carbons (Fsp3) is 0.429. The molecular weight excluding hydrogens is 344 g/mol. The molecule has 1 amide bonds. The number of carbonyl (C=O) groups is 1. The summed E-state index contributed by atoms with van der Waals surface area (Å²) in [6, 6.07) is 14.0. The number of rotatable bonds is 4. The van der Waals surface area contributed by atoms with E-state index in [0.29, 0.717) is 18.2 Å². The first-order chi connectivity index (χ1) is 12.7. The number of nitrogens with one attached hydrogen (secondary N) is 1. The molecule has 2 aromatic rings. The van der Waals surface area contributed by atoms with Gasteiger partial charge in [0.1, 0.15) is 5.69 Å². The van der Waals surface area contributed by atoms with Gasteiger partial charge in [-0.1, -0.05) is 24.3 Å². The maximum Gasteiger partial charge on any atom is 0.269 e. The highest BCUT2D eigenvalue weighted by Gasteiger charge is 2.45. The molecule has 4 rings (SSSR count). The lowest BCUT2D eigenvalue weighted by molar-refractivity contribution is 0.0482. The molecule has 1 aromatic heterocycles. The number of amides is 1. The van der Waals surface area contributed by atoms with E-state index in [1.807, 2.05) is 23.9 Å². The van der Waals surface area contributed by atoms with Crippen LogP contribution < -0.4 is 5.32 Å². The summed E-state index contributed by atoms with van der Waals surface area (Å²) in [4.78, 5) is 18.0. The van der Waals surface area contributed by atoms with Crippen LogP contribution >= 0.6 is 11.8 Å². The minimum atomic E-state index is -0.209. The summed E-state index contributed by atoms with van der Waals surface area (Å²) in [7, 11) is 0. The van der Waals surface area contributed by atoms with Gasteiger partial charge in [0.05, 0.1) is 6.10 Å². The molecular formula is C21H24N2O2S. The third-order valence-electron chi connectivity index (χ3n) is 5.89. The monoisotopic (exact) mass is 368 g/mol. The summed E-state index contributed by atoms with van der Waals surface area (Å²) in [6.07, 6.45) is 4.93. The summed E-state index contributed by atoms with van der Waals surface area (Å²) in [6.45, 7) is 0.634. The molecule has 4 nitrogen and oxygen atoms in total. The first kappa shape index (κ1) is 17.6. The fourth-order valence-corrected chi connectivity index (χ4v) is 5.77. The van der Waals surface area contributed by atoms with Crippen LogP contribution in [0.1, 0.15) is 47.7 Å². The van der Waals surface area contributed by atoms with Crippen LogP contribution in [0, 0.1) is 5.41 Å². The second kappa shape index (κ2) is 7.41. The van der Waals surface area contributed by atoms with Crippen molar-refractivity contribution in [3.8, 4) is 0 Å². The Morgan fingerprint density at radius 3 is 2.73 bits per heavy atom. The summed E-state index contributed by atoms with van der Waals surface area (Å²) in [5, 5.41) is 13.2. The van der Waals surface area contributed by atoms with Gasteiger partial charge in [0.15, 0.2) is 0 Å². The number of pyridine rings is 1. The Hall–Kier alpha value is -1.85. The number of hydrogen-bond acceptors (Lipinski definition) is 4. The van der Waals surface area contributed by atoms with Gasteiger partial charge < -0.3 is 10.4 Å². The SMILES string of the molecule is O=C(NC[C@]1(C2CSc3ccccc32)CC[C@H](O)CC1)c1ccccn1. The molecule has 2 aliphatic rings. The number of nitrogens with zero attached hydrogens (tertiary/aromatic N) is 1. The maximum absolute atomic E-state index is 12.5. The molecule has 1 atom stereocenters. The quantitative estimate of drug-likeness (QED) is 0.865. The highest BCUT2D eigenvalue weighted by molar-refractivity contribution is 7.99. The van der Waals surface area contributed by atoms with Crippen LogP contribution in [0.15, 0.2) is 53.6 Å². The zero-order chi connectivity index (χ0) is 18.0. The zero-order valence-corrected chi connectivity index (χ0v) is 15.5. The van der Waals surface area contributed by atoms with Gasteiger partial charge in [-0.2, -0.15) is 0 Å². The lowest BCUT2D eigenvalue weighted by Crippen LogP contribution is -2.45. The fourth-order valence-electron chi connectivity index (χ4n) is 4.34. The van der Waals surface area contributed by atoms with Gasteiger partial charge in [0.2, 0.25) is 0 Å². The van der Waals surface area contributed by atoms with Crippen molar-refractivity contribution < 1.29 is 9.90 Å². The molecule has 26 heavy (non-hydrogen) atoms. The van der Waals surface area contributed by atoms with Gasteiger partial charge in [-0.3, -0.25) is 9.78 Å². The Kier molecular flexibility index (Phi) is 5.00. The standard InChI is InChI=1S/C21H24N2O2S/c24-15-8-10-21(11-9-15,14-23-20(25)18-6-3-4-12-22-18)17-13-26-19-7-2-1-5-16(17)19/h1-7,12,15,17,24H,8-11,13-14H2,(H,23,25)/t15-,17?,21-. The van der Waals surface area contributed by atoms with Crippen molar-refractivity contribution in [3.05, 3.63) is 59.9 Å². The van der Waals surface area contributed by atoms with Crippen molar-refractivity contribution >= 4 is 17.7 Å².